The molecule has 0 unspecified atom stereocenters. The lowest BCUT2D eigenvalue weighted by Gasteiger charge is -1.99. The zero-order valence-corrected chi connectivity index (χ0v) is 11.3. The molecule has 0 aliphatic rings. The maximum atomic E-state index is 12.0. The second-order valence-corrected chi connectivity index (χ2v) is 5.32. The van der Waals surface area contributed by atoms with Crippen LogP contribution in [0.2, 0.25) is 0 Å². The Morgan fingerprint density at radius 3 is 3.00 bits per heavy atom. The number of nitrogens with one attached hydrogen (secondary N) is 1. The molecule has 3 heterocycles. The number of imidazole rings is 1. The predicted octanol–water partition coefficient (Wildman–Crippen LogP) is 2.63. The first-order chi connectivity index (χ1) is 9.24. The molecule has 0 aliphatic heterocycles. The maximum Gasteiger partial charge on any atom is 0.271 e. The Kier molecular flexibility index (Phi) is 3.05. The van der Waals surface area contributed by atoms with Crippen LogP contribution >= 0.6 is 11.3 Å². The second-order valence-electron chi connectivity index (χ2n) is 4.28. The van der Waals surface area contributed by atoms with Crippen molar-refractivity contribution >= 4 is 22.9 Å². The Labute approximate surface area is 114 Å². The summed E-state index contributed by atoms with van der Waals surface area (Å²) in [6.45, 7) is 2.53. The van der Waals surface area contributed by atoms with Crippen LogP contribution in [0.4, 0.5) is 0 Å². The molecule has 0 aliphatic carbocycles. The quantitative estimate of drug-likeness (QED) is 0.796. The second kappa shape index (κ2) is 4.85. The molecule has 0 bridgehead atoms. The van der Waals surface area contributed by atoms with Gasteiger partial charge in [-0.3, -0.25) is 4.79 Å². The first-order valence-electron chi connectivity index (χ1n) is 5.99. The van der Waals surface area contributed by atoms with Gasteiger partial charge in [0.05, 0.1) is 6.54 Å². The third kappa shape index (κ3) is 2.37. The highest BCUT2D eigenvalue weighted by Gasteiger charge is 2.11. The van der Waals surface area contributed by atoms with Gasteiger partial charge in [-0.2, -0.15) is 0 Å². The number of hydrogen-bond donors (Lipinski definition) is 1. The highest BCUT2D eigenvalue weighted by atomic mass is 32.1. The fourth-order valence-corrected chi connectivity index (χ4v) is 2.57. The van der Waals surface area contributed by atoms with Crippen LogP contribution in [0.3, 0.4) is 0 Å². The molecule has 0 saturated heterocycles. The number of carbonyl (C=O) groups excluding carboxylic acids is 1. The fourth-order valence-electron chi connectivity index (χ4n) is 1.93. The van der Waals surface area contributed by atoms with Crippen LogP contribution in [0.1, 0.15) is 21.1 Å². The Morgan fingerprint density at radius 1 is 1.37 bits per heavy atom. The van der Waals surface area contributed by atoms with E-state index in [9.17, 15) is 4.79 Å². The van der Waals surface area contributed by atoms with Crippen molar-refractivity contribution in [1.29, 1.82) is 0 Å². The molecule has 5 heteroatoms. The summed E-state index contributed by atoms with van der Waals surface area (Å²) < 4.78 is 1.92. The Hall–Kier alpha value is -2.14. The summed E-state index contributed by atoms with van der Waals surface area (Å²) in [7, 11) is 0. The van der Waals surface area contributed by atoms with Gasteiger partial charge >= 0.3 is 0 Å². The van der Waals surface area contributed by atoms with E-state index < -0.39 is 0 Å². The zero-order chi connectivity index (χ0) is 13.2. The molecule has 0 atom stereocenters. The van der Waals surface area contributed by atoms with Crippen molar-refractivity contribution in [1.82, 2.24) is 14.7 Å². The van der Waals surface area contributed by atoms with E-state index in [0.717, 1.165) is 16.2 Å². The van der Waals surface area contributed by atoms with Crippen molar-refractivity contribution in [2.75, 3.05) is 0 Å². The molecule has 0 saturated carbocycles. The third-order valence-corrected chi connectivity index (χ3v) is 3.81. The number of fused-ring (bicyclic) bond motifs is 1. The summed E-state index contributed by atoms with van der Waals surface area (Å²) in [5.74, 6) is -0.142. The molecular formula is C14H13N3OS. The molecular weight excluding hydrogens is 258 g/mol. The van der Waals surface area contributed by atoms with Crippen LogP contribution in [0.5, 0.6) is 0 Å². The highest BCUT2D eigenvalue weighted by Crippen LogP contribution is 2.10. The zero-order valence-electron chi connectivity index (χ0n) is 10.5. The van der Waals surface area contributed by atoms with Gasteiger partial charge in [0.25, 0.3) is 5.91 Å². The Balaban J connectivity index is 1.80. The van der Waals surface area contributed by atoms with Gasteiger partial charge in [0.2, 0.25) is 0 Å². The monoisotopic (exact) mass is 271 g/mol. The summed E-state index contributed by atoms with van der Waals surface area (Å²) in [4.78, 5) is 17.5. The lowest BCUT2D eigenvalue weighted by atomic mass is 10.4. The topological polar surface area (TPSA) is 46.4 Å². The van der Waals surface area contributed by atoms with E-state index >= 15 is 0 Å². The number of hydrogen-bond acceptors (Lipinski definition) is 3. The molecule has 0 spiro atoms. The van der Waals surface area contributed by atoms with Crippen molar-refractivity contribution in [2.45, 2.75) is 13.5 Å². The van der Waals surface area contributed by atoms with Crippen LogP contribution in [-0.2, 0) is 6.54 Å². The fraction of sp³-hybridized carbons (Fsp3) is 0.143. The standard InChI is InChI=1S/C14H13N3OS/c1-10-4-2-6-13-16-12(9-17(10)13)14(18)15-8-11-5-3-7-19-11/h2-7,9H,8H2,1H3,(H,15,18). The summed E-state index contributed by atoms with van der Waals surface area (Å²) in [6.07, 6.45) is 1.77. The number of thiophene rings is 1. The van der Waals surface area contributed by atoms with E-state index in [1.54, 1.807) is 17.5 Å². The van der Waals surface area contributed by atoms with Gasteiger partial charge < -0.3 is 9.72 Å². The smallest absolute Gasteiger partial charge is 0.271 e. The van der Waals surface area contributed by atoms with Gasteiger partial charge in [-0.15, -0.1) is 11.3 Å². The summed E-state index contributed by atoms with van der Waals surface area (Å²) in [6, 6.07) is 9.79. The summed E-state index contributed by atoms with van der Waals surface area (Å²) in [5, 5.41) is 4.87. The van der Waals surface area contributed by atoms with Crippen LogP contribution < -0.4 is 5.32 Å². The molecule has 0 radical (unpaired) electrons. The maximum absolute atomic E-state index is 12.0. The van der Waals surface area contributed by atoms with Crippen molar-refractivity contribution in [3.63, 3.8) is 0 Å². The molecule has 96 valence electrons. The Morgan fingerprint density at radius 2 is 2.26 bits per heavy atom. The average Bonchev–Trinajstić information content (AvgIpc) is 3.05. The molecule has 3 aromatic heterocycles. The van der Waals surface area contributed by atoms with E-state index in [1.165, 1.54) is 0 Å². The van der Waals surface area contributed by atoms with Crippen molar-refractivity contribution in [3.05, 3.63) is 58.2 Å². The van der Waals surface area contributed by atoms with Gasteiger partial charge in [-0.25, -0.2) is 4.98 Å². The van der Waals surface area contributed by atoms with E-state index in [2.05, 4.69) is 10.3 Å². The molecule has 3 aromatic rings. The van der Waals surface area contributed by atoms with Gasteiger partial charge in [0.15, 0.2) is 0 Å². The normalized spacial score (nSPS) is 10.8. The molecule has 0 aromatic carbocycles. The summed E-state index contributed by atoms with van der Waals surface area (Å²) in [5.41, 5.74) is 2.30. The van der Waals surface area contributed by atoms with E-state index in [-0.39, 0.29) is 5.91 Å². The minimum absolute atomic E-state index is 0.142. The van der Waals surface area contributed by atoms with Crippen LogP contribution in [0.25, 0.3) is 5.65 Å². The highest BCUT2D eigenvalue weighted by molar-refractivity contribution is 7.09. The number of aryl methyl sites for hydroxylation is 1. The average molecular weight is 271 g/mol. The molecule has 1 amide bonds. The number of nitrogens with zero attached hydrogens (tertiary/aromatic N) is 2. The Bertz CT molecular complexity index is 715. The van der Waals surface area contributed by atoms with Gasteiger partial charge in [-0.1, -0.05) is 12.1 Å². The minimum atomic E-state index is -0.142. The van der Waals surface area contributed by atoms with E-state index in [0.29, 0.717) is 12.2 Å². The largest absolute Gasteiger partial charge is 0.346 e. The number of rotatable bonds is 3. The predicted molar refractivity (Wildman–Crippen MR) is 75.4 cm³/mol. The van der Waals surface area contributed by atoms with Gasteiger partial charge in [0, 0.05) is 16.8 Å². The van der Waals surface area contributed by atoms with Crippen LogP contribution in [0, 0.1) is 6.92 Å². The number of amides is 1. The minimum Gasteiger partial charge on any atom is -0.346 e. The first-order valence-corrected chi connectivity index (χ1v) is 6.87. The van der Waals surface area contributed by atoms with Crippen molar-refractivity contribution < 1.29 is 4.79 Å². The number of pyridine rings is 1. The van der Waals surface area contributed by atoms with Crippen molar-refractivity contribution in [3.8, 4) is 0 Å². The molecule has 0 fully saturated rings. The molecule has 19 heavy (non-hydrogen) atoms. The van der Waals surface area contributed by atoms with Gasteiger partial charge in [0.1, 0.15) is 11.3 Å². The lowest BCUT2D eigenvalue weighted by molar-refractivity contribution is 0.0947. The molecule has 4 nitrogen and oxygen atoms in total. The lowest BCUT2D eigenvalue weighted by Crippen LogP contribution is -2.22. The van der Waals surface area contributed by atoms with Crippen molar-refractivity contribution in [2.24, 2.45) is 0 Å². The van der Waals surface area contributed by atoms with Gasteiger partial charge in [-0.05, 0) is 30.5 Å². The third-order valence-electron chi connectivity index (χ3n) is 2.93. The molecule has 1 N–H and O–H groups in total. The number of aromatic nitrogens is 2. The van der Waals surface area contributed by atoms with E-state index in [4.69, 9.17) is 0 Å². The number of carbonyl (C=O) groups is 1. The first kappa shape index (κ1) is 11.9. The van der Waals surface area contributed by atoms with E-state index in [1.807, 2.05) is 47.0 Å². The van der Waals surface area contributed by atoms with Crippen LogP contribution in [0.15, 0.2) is 41.9 Å². The SMILES string of the molecule is Cc1cccc2nc(C(=O)NCc3cccs3)cn12. The van der Waals surface area contributed by atoms with Crippen LogP contribution in [-0.4, -0.2) is 15.3 Å². The molecule has 3 rings (SSSR count). The summed E-state index contributed by atoms with van der Waals surface area (Å²) >= 11 is 1.63.